The van der Waals surface area contributed by atoms with Crippen LogP contribution in [0.3, 0.4) is 0 Å². The molecule has 1 aliphatic rings. The molecule has 19 heavy (non-hydrogen) atoms. The minimum absolute atomic E-state index is 0.0672. The number of nitrogen functional groups attached to an aromatic ring is 1. The Kier molecular flexibility index (Phi) is 3.06. The number of hydrogen-bond donors (Lipinski definition) is 1. The SMILES string of the molecule is Nc1ccc(-c2csc(C3CCS(=O)(=O)C3)n2)cc1. The number of nitrogens with zero attached hydrogens (tertiary/aromatic N) is 1. The molecule has 2 heterocycles. The molecule has 4 nitrogen and oxygen atoms in total. The fraction of sp³-hybridized carbons (Fsp3) is 0.308. The molecule has 0 radical (unpaired) electrons. The Morgan fingerprint density at radius 3 is 2.63 bits per heavy atom. The molecule has 0 bridgehead atoms. The Bertz CT molecular complexity index is 690. The molecule has 0 spiro atoms. The van der Waals surface area contributed by atoms with Gasteiger partial charge in [-0.25, -0.2) is 13.4 Å². The van der Waals surface area contributed by atoms with Crippen molar-refractivity contribution in [3.63, 3.8) is 0 Å². The van der Waals surface area contributed by atoms with Gasteiger partial charge in [-0.15, -0.1) is 11.3 Å². The molecule has 0 amide bonds. The van der Waals surface area contributed by atoms with Crippen LogP contribution in [0.2, 0.25) is 0 Å². The lowest BCUT2D eigenvalue weighted by Gasteiger charge is -2.01. The van der Waals surface area contributed by atoms with Gasteiger partial charge in [0.2, 0.25) is 0 Å². The Hall–Kier alpha value is -1.40. The van der Waals surface area contributed by atoms with Gasteiger partial charge in [0, 0.05) is 22.5 Å². The summed E-state index contributed by atoms with van der Waals surface area (Å²) in [6.07, 6.45) is 0.691. The first kappa shape index (κ1) is 12.6. The van der Waals surface area contributed by atoms with Crippen molar-refractivity contribution >= 4 is 26.9 Å². The molecule has 1 aliphatic heterocycles. The van der Waals surface area contributed by atoms with Crippen molar-refractivity contribution in [2.75, 3.05) is 17.2 Å². The maximum Gasteiger partial charge on any atom is 0.151 e. The van der Waals surface area contributed by atoms with E-state index >= 15 is 0 Å². The largest absolute Gasteiger partial charge is 0.399 e. The van der Waals surface area contributed by atoms with Crippen LogP contribution in [-0.4, -0.2) is 24.9 Å². The normalized spacial score (nSPS) is 21.6. The van der Waals surface area contributed by atoms with Crippen LogP contribution >= 0.6 is 11.3 Å². The Labute approximate surface area is 116 Å². The van der Waals surface area contributed by atoms with Crippen LogP contribution in [0.5, 0.6) is 0 Å². The van der Waals surface area contributed by atoms with Gasteiger partial charge < -0.3 is 5.73 Å². The van der Waals surface area contributed by atoms with Gasteiger partial charge in [-0.3, -0.25) is 0 Å². The van der Waals surface area contributed by atoms with Gasteiger partial charge in [-0.2, -0.15) is 0 Å². The lowest BCUT2D eigenvalue weighted by molar-refractivity contribution is 0.601. The number of benzene rings is 1. The summed E-state index contributed by atoms with van der Waals surface area (Å²) >= 11 is 1.54. The average molecular weight is 294 g/mol. The molecule has 1 atom stereocenters. The summed E-state index contributed by atoms with van der Waals surface area (Å²) in [6, 6.07) is 7.54. The number of hydrogen-bond acceptors (Lipinski definition) is 5. The summed E-state index contributed by atoms with van der Waals surface area (Å²) in [5.74, 6) is 0.591. The molecule has 3 rings (SSSR count). The molecule has 0 saturated carbocycles. The van der Waals surface area contributed by atoms with Crippen LogP contribution in [0.1, 0.15) is 17.3 Å². The third-order valence-electron chi connectivity index (χ3n) is 3.31. The highest BCUT2D eigenvalue weighted by Crippen LogP contribution is 2.33. The van der Waals surface area contributed by atoms with Crippen molar-refractivity contribution in [2.45, 2.75) is 12.3 Å². The van der Waals surface area contributed by atoms with E-state index in [-0.39, 0.29) is 17.4 Å². The van der Waals surface area contributed by atoms with E-state index in [1.807, 2.05) is 29.6 Å². The van der Waals surface area contributed by atoms with E-state index in [0.717, 1.165) is 22.0 Å². The summed E-state index contributed by atoms with van der Waals surface area (Å²) in [6.45, 7) is 0. The van der Waals surface area contributed by atoms with E-state index in [1.54, 1.807) is 0 Å². The lowest BCUT2D eigenvalue weighted by Crippen LogP contribution is -2.03. The first-order chi connectivity index (χ1) is 9.03. The van der Waals surface area contributed by atoms with Crippen molar-refractivity contribution in [2.24, 2.45) is 0 Å². The summed E-state index contributed by atoms with van der Waals surface area (Å²) in [7, 11) is -2.85. The highest BCUT2D eigenvalue weighted by atomic mass is 32.2. The minimum atomic E-state index is -2.85. The summed E-state index contributed by atoms with van der Waals surface area (Å²) < 4.78 is 23.0. The van der Waals surface area contributed by atoms with Crippen LogP contribution in [0.15, 0.2) is 29.6 Å². The molecule has 1 saturated heterocycles. The molecule has 1 unspecified atom stereocenters. The number of nitrogens with two attached hydrogens (primary N) is 1. The van der Waals surface area contributed by atoms with E-state index in [2.05, 4.69) is 4.98 Å². The van der Waals surface area contributed by atoms with E-state index in [0.29, 0.717) is 6.42 Å². The minimum Gasteiger partial charge on any atom is -0.399 e. The van der Waals surface area contributed by atoms with Gasteiger partial charge >= 0.3 is 0 Å². The maximum atomic E-state index is 11.5. The quantitative estimate of drug-likeness (QED) is 0.863. The number of thiazole rings is 1. The summed E-state index contributed by atoms with van der Waals surface area (Å²) in [5, 5.41) is 2.90. The number of aromatic nitrogens is 1. The van der Waals surface area contributed by atoms with Crippen molar-refractivity contribution in [3.8, 4) is 11.3 Å². The molecule has 2 N–H and O–H groups in total. The Morgan fingerprint density at radius 2 is 2.00 bits per heavy atom. The first-order valence-corrected chi connectivity index (χ1v) is 8.75. The lowest BCUT2D eigenvalue weighted by atomic mass is 10.1. The molecular weight excluding hydrogens is 280 g/mol. The highest BCUT2D eigenvalue weighted by molar-refractivity contribution is 7.91. The summed E-state index contributed by atoms with van der Waals surface area (Å²) in [5.41, 5.74) is 8.28. The zero-order valence-corrected chi connectivity index (χ0v) is 11.9. The van der Waals surface area contributed by atoms with Crippen LogP contribution in [0.4, 0.5) is 5.69 Å². The molecule has 6 heteroatoms. The topological polar surface area (TPSA) is 73.1 Å². The molecule has 2 aromatic rings. The number of sulfone groups is 1. The van der Waals surface area contributed by atoms with Crippen LogP contribution in [0.25, 0.3) is 11.3 Å². The van der Waals surface area contributed by atoms with Gasteiger partial charge in [0.1, 0.15) is 0 Å². The van der Waals surface area contributed by atoms with Gasteiger partial charge in [-0.1, -0.05) is 12.1 Å². The fourth-order valence-corrected chi connectivity index (χ4v) is 5.07. The van der Waals surface area contributed by atoms with Crippen LogP contribution in [-0.2, 0) is 9.84 Å². The Morgan fingerprint density at radius 1 is 1.26 bits per heavy atom. The zero-order chi connectivity index (χ0) is 13.5. The zero-order valence-electron chi connectivity index (χ0n) is 10.2. The summed E-state index contributed by atoms with van der Waals surface area (Å²) in [4.78, 5) is 4.57. The molecule has 1 aromatic carbocycles. The average Bonchev–Trinajstić information content (AvgIpc) is 2.96. The molecule has 1 fully saturated rings. The van der Waals surface area contributed by atoms with E-state index < -0.39 is 9.84 Å². The van der Waals surface area contributed by atoms with Gasteiger partial charge in [0.15, 0.2) is 9.84 Å². The van der Waals surface area contributed by atoms with Crippen molar-refractivity contribution < 1.29 is 8.42 Å². The number of anilines is 1. The predicted molar refractivity (Wildman–Crippen MR) is 78.0 cm³/mol. The van der Waals surface area contributed by atoms with Crippen LogP contribution in [0, 0.1) is 0 Å². The van der Waals surface area contributed by atoms with Crippen molar-refractivity contribution in [3.05, 3.63) is 34.7 Å². The fourth-order valence-electron chi connectivity index (χ4n) is 2.25. The smallest absolute Gasteiger partial charge is 0.151 e. The molecule has 0 aliphatic carbocycles. The van der Waals surface area contributed by atoms with Crippen molar-refractivity contribution in [1.29, 1.82) is 0 Å². The highest BCUT2D eigenvalue weighted by Gasteiger charge is 2.30. The monoisotopic (exact) mass is 294 g/mol. The third kappa shape index (κ3) is 2.64. The van der Waals surface area contributed by atoms with Gasteiger partial charge in [-0.05, 0) is 18.6 Å². The third-order valence-corrected chi connectivity index (χ3v) is 6.09. The number of rotatable bonds is 2. The van der Waals surface area contributed by atoms with E-state index in [1.165, 1.54) is 11.3 Å². The van der Waals surface area contributed by atoms with Gasteiger partial charge in [0.25, 0.3) is 0 Å². The van der Waals surface area contributed by atoms with Crippen molar-refractivity contribution in [1.82, 2.24) is 4.98 Å². The standard InChI is InChI=1S/C13H14N2O2S2/c14-11-3-1-9(2-4-11)12-7-18-13(15-12)10-5-6-19(16,17)8-10/h1-4,7,10H,5-6,8,14H2. The second-order valence-corrected chi connectivity index (χ2v) is 7.91. The maximum absolute atomic E-state index is 11.5. The predicted octanol–water partition coefficient (Wildman–Crippen LogP) is 2.29. The van der Waals surface area contributed by atoms with E-state index in [4.69, 9.17) is 5.73 Å². The Balaban J connectivity index is 1.86. The molecular formula is C13H14N2O2S2. The first-order valence-electron chi connectivity index (χ1n) is 6.05. The second-order valence-electron chi connectivity index (χ2n) is 4.79. The molecule has 100 valence electrons. The van der Waals surface area contributed by atoms with Crippen LogP contribution < -0.4 is 5.73 Å². The van der Waals surface area contributed by atoms with Gasteiger partial charge in [0.05, 0.1) is 22.2 Å². The molecule has 1 aromatic heterocycles. The van der Waals surface area contributed by atoms with E-state index in [9.17, 15) is 8.42 Å². The second kappa shape index (κ2) is 4.61.